The zero-order valence-corrected chi connectivity index (χ0v) is 11.8. The maximum absolute atomic E-state index is 9.05. The highest BCUT2D eigenvalue weighted by Crippen LogP contribution is 2.52. The first-order valence-corrected chi connectivity index (χ1v) is 7.23. The molecule has 0 saturated heterocycles. The number of rotatable bonds is 4. The summed E-state index contributed by atoms with van der Waals surface area (Å²) in [6.45, 7) is 7.65. The van der Waals surface area contributed by atoms with Crippen molar-refractivity contribution in [1.29, 1.82) is 5.26 Å². The van der Waals surface area contributed by atoms with Gasteiger partial charge in [0.15, 0.2) is 0 Å². The molecule has 3 rings (SSSR count). The van der Waals surface area contributed by atoms with Crippen LogP contribution in [0.15, 0.2) is 48.5 Å². The molecule has 0 atom stereocenters. The molecule has 1 aliphatic rings. The Balaban J connectivity index is 2.22. The Morgan fingerprint density at radius 3 is 2.05 bits per heavy atom. The van der Waals surface area contributed by atoms with Crippen molar-refractivity contribution >= 4 is 0 Å². The highest BCUT2D eigenvalue weighted by molar-refractivity contribution is 5.81. The van der Waals surface area contributed by atoms with Gasteiger partial charge in [0.1, 0.15) is 0 Å². The van der Waals surface area contributed by atoms with Gasteiger partial charge in [-0.2, -0.15) is 5.26 Å². The summed E-state index contributed by atoms with van der Waals surface area (Å²) in [5.74, 6) is 0. The van der Waals surface area contributed by atoms with Crippen LogP contribution in [0.3, 0.4) is 0 Å². The van der Waals surface area contributed by atoms with Gasteiger partial charge < -0.3 is 4.85 Å². The minimum Gasteiger partial charge on any atom is -0.317 e. The fraction of sp³-hybridized carbons (Fsp3) is 0.263. The topological polar surface area (TPSA) is 28.1 Å². The molecule has 0 amide bonds. The molecule has 0 fully saturated rings. The molecule has 2 nitrogen and oxygen atoms in total. The second kappa shape index (κ2) is 5.43. The van der Waals surface area contributed by atoms with Gasteiger partial charge in [0.2, 0.25) is 6.54 Å². The van der Waals surface area contributed by atoms with Crippen molar-refractivity contribution in [3.63, 3.8) is 0 Å². The van der Waals surface area contributed by atoms with E-state index in [2.05, 4.69) is 59.4 Å². The summed E-state index contributed by atoms with van der Waals surface area (Å²) in [6, 6.07) is 19.2. The molecular formula is C19H16N2. The maximum Gasteiger partial charge on any atom is 0.215 e. The van der Waals surface area contributed by atoms with Crippen LogP contribution >= 0.6 is 0 Å². The maximum atomic E-state index is 9.05. The van der Waals surface area contributed by atoms with Gasteiger partial charge in [0.25, 0.3) is 0 Å². The van der Waals surface area contributed by atoms with E-state index in [1.807, 2.05) is 0 Å². The van der Waals surface area contributed by atoms with E-state index in [-0.39, 0.29) is 5.41 Å². The summed E-state index contributed by atoms with van der Waals surface area (Å²) in [7, 11) is 0. The van der Waals surface area contributed by atoms with Crippen molar-refractivity contribution in [3.8, 4) is 17.2 Å². The Kier molecular flexibility index (Phi) is 3.46. The number of hydrogen-bond donors (Lipinski definition) is 0. The number of benzene rings is 2. The fourth-order valence-electron chi connectivity index (χ4n) is 3.60. The van der Waals surface area contributed by atoms with Gasteiger partial charge in [0.05, 0.1) is 6.07 Å². The molecule has 0 spiro atoms. The minimum atomic E-state index is -0.173. The van der Waals surface area contributed by atoms with E-state index in [1.54, 1.807) is 0 Å². The van der Waals surface area contributed by atoms with Gasteiger partial charge >= 0.3 is 0 Å². The van der Waals surface area contributed by atoms with Crippen LogP contribution in [-0.4, -0.2) is 6.54 Å². The van der Waals surface area contributed by atoms with E-state index in [9.17, 15) is 0 Å². The molecule has 0 unspecified atom stereocenters. The highest BCUT2D eigenvalue weighted by atomic mass is 14.6. The average Bonchev–Trinajstić information content (AvgIpc) is 2.82. The molecular weight excluding hydrogens is 256 g/mol. The molecule has 0 bridgehead atoms. The van der Waals surface area contributed by atoms with Crippen molar-refractivity contribution in [3.05, 3.63) is 71.1 Å². The largest absolute Gasteiger partial charge is 0.317 e. The smallest absolute Gasteiger partial charge is 0.215 e. The lowest BCUT2D eigenvalue weighted by atomic mass is 9.72. The van der Waals surface area contributed by atoms with Crippen molar-refractivity contribution in [2.45, 2.75) is 24.7 Å². The standard InChI is InChI=1S/C19H16N2/c1-21-14-12-19(11-6-13-20)17-9-4-2-7-15(17)16-8-3-5-10-18(16)19/h2-5,7-10H,6,11-12,14H2. The van der Waals surface area contributed by atoms with Crippen LogP contribution in [0.4, 0.5) is 0 Å². The van der Waals surface area contributed by atoms with Gasteiger partial charge in [-0.05, 0) is 28.7 Å². The van der Waals surface area contributed by atoms with Crippen LogP contribution in [0.2, 0.25) is 0 Å². The Hall–Kier alpha value is -2.58. The lowest BCUT2D eigenvalue weighted by Gasteiger charge is -2.29. The van der Waals surface area contributed by atoms with Crippen LogP contribution in [0.1, 0.15) is 30.4 Å². The number of nitriles is 1. The van der Waals surface area contributed by atoms with E-state index in [0.717, 1.165) is 12.8 Å². The van der Waals surface area contributed by atoms with E-state index < -0.39 is 0 Å². The van der Waals surface area contributed by atoms with Crippen LogP contribution in [0, 0.1) is 17.9 Å². The molecule has 0 aromatic heterocycles. The van der Waals surface area contributed by atoms with E-state index in [1.165, 1.54) is 22.3 Å². The fourth-order valence-corrected chi connectivity index (χ4v) is 3.60. The molecule has 2 aromatic carbocycles. The number of fused-ring (bicyclic) bond motifs is 3. The van der Waals surface area contributed by atoms with E-state index >= 15 is 0 Å². The molecule has 0 radical (unpaired) electrons. The van der Waals surface area contributed by atoms with E-state index in [0.29, 0.717) is 13.0 Å². The normalized spacial score (nSPS) is 13.8. The first-order chi connectivity index (χ1) is 10.3. The summed E-state index contributed by atoms with van der Waals surface area (Å²) in [5, 5.41) is 9.05. The van der Waals surface area contributed by atoms with Crippen molar-refractivity contribution in [2.24, 2.45) is 0 Å². The lowest BCUT2D eigenvalue weighted by molar-refractivity contribution is 0.468. The van der Waals surface area contributed by atoms with Gasteiger partial charge in [0, 0.05) is 18.3 Å². The molecule has 2 heteroatoms. The van der Waals surface area contributed by atoms with E-state index in [4.69, 9.17) is 11.8 Å². The molecule has 0 saturated carbocycles. The molecule has 21 heavy (non-hydrogen) atoms. The monoisotopic (exact) mass is 272 g/mol. The molecule has 0 aliphatic heterocycles. The highest BCUT2D eigenvalue weighted by Gasteiger charge is 2.42. The summed E-state index contributed by atoms with van der Waals surface area (Å²) < 4.78 is 0. The number of nitrogens with zero attached hydrogens (tertiary/aromatic N) is 2. The first kappa shape index (κ1) is 13.4. The van der Waals surface area contributed by atoms with Crippen LogP contribution in [-0.2, 0) is 5.41 Å². The molecule has 102 valence electrons. The third-order valence-corrected chi connectivity index (χ3v) is 4.49. The predicted molar refractivity (Wildman–Crippen MR) is 83.6 cm³/mol. The van der Waals surface area contributed by atoms with Crippen molar-refractivity contribution < 1.29 is 0 Å². The summed E-state index contributed by atoms with van der Waals surface area (Å²) in [5.41, 5.74) is 4.91. The Morgan fingerprint density at radius 2 is 1.52 bits per heavy atom. The Bertz CT molecular complexity index is 681. The van der Waals surface area contributed by atoms with Crippen molar-refractivity contribution in [1.82, 2.24) is 0 Å². The second-order valence-corrected chi connectivity index (χ2v) is 5.46. The van der Waals surface area contributed by atoms with Crippen LogP contribution in [0.25, 0.3) is 16.0 Å². The third-order valence-electron chi connectivity index (χ3n) is 4.49. The van der Waals surface area contributed by atoms with Crippen LogP contribution < -0.4 is 0 Å². The molecule has 2 aromatic rings. The predicted octanol–water partition coefficient (Wildman–Crippen LogP) is 4.57. The van der Waals surface area contributed by atoms with Gasteiger partial charge in [-0.15, -0.1) is 0 Å². The SMILES string of the molecule is [C-]#[N+]CCC1(CCC#N)c2ccccc2-c2ccccc21. The summed E-state index contributed by atoms with van der Waals surface area (Å²) >= 11 is 0. The zero-order chi connectivity index (χ0) is 14.7. The summed E-state index contributed by atoms with van der Waals surface area (Å²) in [6.07, 6.45) is 2.08. The quantitative estimate of drug-likeness (QED) is 0.749. The van der Waals surface area contributed by atoms with Gasteiger partial charge in [-0.3, -0.25) is 0 Å². The minimum absolute atomic E-state index is 0.173. The number of hydrogen-bond acceptors (Lipinski definition) is 1. The molecule has 0 N–H and O–H groups in total. The van der Waals surface area contributed by atoms with Gasteiger partial charge in [-0.1, -0.05) is 48.5 Å². The second-order valence-electron chi connectivity index (χ2n) is 5.46. The molecule has 0 heterocycles. The average molecular weight is 272 g/mol. The Morgan fingerprint density at radius 1 is 0.952 bits per heavy atom. The van der Waals surface area contributed by atoms with Crippen LogP contribution in [0.5, 0.6) is 0 Å². The third kappa shape index (κ3) is 2.01. The van der Waals surface area contributed by atoms with Crippen molar-refractivity contribution in [2.75, 3.05) is 6.54 Å². The Labute approximate surface area is 125 Å². The summed E-state index contributed by atoms with van der Waals surface area (Å²) in [4.78, 5) is 3.57. The first-order valence-electron chi connectivity index (χ1n) is 7.23. The van der Waals surface area contributed by atoms with Gasteiger partial charge in [-0.25, -0.2) is 6.57 Å². The molecule has 1 aliphatic carbocycles. The lowest BCUT2D eigenvalue weighted by Crippen LogP contribution is -2.26. The zero-order valence-electron chi connectivity index (χ0n) is 11.8.